The Balaban J connectivity index is 0.000000934. The van der Waals surface area contributed by atoms with E-state index in [0.717, 1.165) is 31.1 Å². The molecule has 1 heterocycles. The van der Waals surface area contributed by atoms with E-state index in [4.69, 9.17) is 0 Å². The van der Waals surface area contributed by atoms with Gasteiger partial charge in [0.25, 0.3) is 0 Å². The predicted molar refractivity (Wildman–Crippen MR) is 110 cm³/mol. The van der Waals surface area contributed by atoms with E-state index in [-0.39, 0.29) is 0 Å². The van der Waals surface area contributed by atoms with Crippen molar-refractivity contribution in [2.24, 2.45) is 5.92 Å². The number of nitrogens with zero attached hydrogens (tertiary/aromatic N) is 1. The molecule has 2 rings (SSSR count). The normalized spacial score (nSPS) is 22.9. The van der Waals surface area contributed by atoms with Crippen molar-refractivity contribution in [2.75, 3.05) is 6.54 Å². The first kappa shape index (κ1) is 21.5. The van der Waals surface area contributed by atoms with Gasteiger partial charge in [-0.1, -0.05) is 63.5 Å². The number of hydrogen-bond acceptors (Lipinski definition) is 2. The van der Waals surface area contributed by atoms with Crippen LogP contribution in [0.1, 0.15) is 73.1 Å². The number of aldehydes is 1. The van der Waals surface area contributed by atoms with Crippen molar-refractivity contribution in [2.45, 2.75) is 79.2 Å². The molecule has 0 saturated heterocycles. The van der Waals surface area contributed by atoms with Crippen molar-refractivity contribution in [3.05, 3.63) is 47.2 Å². The fourth-order valence-corrected chi connectivity index (χ4v) is 3.51. The van der Waals surface area contributed by atoms with Crippen molar-refractivity contribution in [1.82, 2.24) is 4.90 Å². The van der Waals surface area contributed by atoms with Crippen LogP contribution in [0.25, 0.3) is 0 Å². The third-order valence-electron chi connectivity index (χ3n) is 5.04. The molecule has 0 amide bonds. The van der Waals surface area contributed by atoms with Gasteiger partial charge in [-0.15, -0.1) is 0 Å². The van der Waals surface area contributed by atoms with Gasteiger partial charge in [0.05, 0.1) is 6.54 Å². The van der Waals surface area contributed by atoms with Gasteiger partial charge in [-0.3, -0.25) is 0 Å². The van der Waals surface area contributed by atoms with Crippen LogP contribution in [0.3, 0.4) is 0 Å². The molecule has 0 aromatic rings. The van der Waals surface area contributed by atoms with E-state index in [9.17, 15) is 4.79 Å². The summed E-state index contributed by atoms with van der Waals surface area (Å²) in [6.45, 7) is 15.2. The highest BCUT2D eigenvalue weighted by Gasteiger charge is 2.35. The van der Waals surface area contributed by atoms with Crippen molar-refractivity contribution in [3.63, 3.8) is 0 Å². The van der Waals surface area contributed by atoms with E-state index >= 15 is 0 Å². The van der Waals surface area contributed by atoms with Gasteiger partial charge in [0.1, 0.15) is 6.29 Å². The number of hydrogen-bond donors (Lipinski definition) is 0. The van der Waals surface area contributed by atoms with E-state index in [1.165, 1.54) is 36.1 Å². The van der Waals surface area contributed by atoms with Crippen LogP contribution < -0.4 is 0 Å². The second-order valence-corrected chi connectivity index (χ2v) is 7.20. The Morgan fingerprint density at radius 3 is 2.24 bits per heavy atom. The molecule has 1 aliphatic carbocycles. The summed E-state index contributed by atoms with van der Waals surface area (Å²) in [5.41, 5.74) is 5.18. The average Bonchev–Trinajstić information content (AvgIpc) is 3.45. The van der Waals surface area contributed by atoms with Gasteiger partial charge in [-0.2, -0.15) is 0 Å². The predicted octanol–water partition coefficient (Wildman–Crippen LogP) is 6.22. The van der Waals surface area contributed by atoms with Crippen molar-refractivity contribution in [3.8, 4) is 0 Å². The summed E-state index contributed by atoms with van der Waals surface area (Å²) in [5.74, 6) is 0.554. The van der Waals surface area contributed by atoms with Gasteiger partial charge in [0.15, 0.2) is 0 Å². The summed E-state index contributed by atoms with van der Waals surface area (Å²) >= 11 is 0. The molecule has 0 spiro atoms. The SMILES string of the molecule is C1CC1.C=C(C)/C=C\C(=C/C)CC1=C(C)N(CC=O)C(CC)C1CC. The number of carbonyl (C=O) groups is 1. The molecule has 25 heavy (non-hydrogen) atoms. The van der Waals surface area contributed by atoms with Gasteiger partial charge in [0, 0.05) is 17.7 Å². The molecule has 0 aromatic heterocycles. The monoisotopic (exact) mass is 343 g/mol. The Bertz CT molecular complexity index is 534. The van der Waals surface area contributed by atoms with Gasteiger partial charge >= 0.3 is 0 Å². The Labute approximate surface area is 155 Å². The molecule has 0 aromatic carbocycles. The first-order valence-electron chi connectivity index (χ1n) is 9.88. The van der Waals surface area contributed by atoms with E-state index in [1.54, 1.807) is 0 Å². The third-order valence-corrected chi connectivity index (χ3v) is 5.04. The van der Waals surface area contributed by atoms with E-state index in [1.807, 2.05) is 6.92 Å². The van der Waals surface area contributed by atoms with E-state index < -0.39 is 0 Å². The van der Waals surface area contributed by atoms with Gasteiger partial charge in [-0.25, -0.2) is 0 Å². The van der Waals surface area contributed by atoms with Crippen LogP contribution in [0.4, 0.5) is 0 Å². The van der Waals surface area contributed by atoms with E-state index in [2.05, 4.69) is 57.4 Å². The highest BCUT2D eigenvalue weighted by molar-refractivity contribution is 5.53. The Morgan fingerprint density at radius 1 is 1.20 bits per heavy atom. The lowest BCUT2D eigenvalue weighted by atomic mass is 9.86. The number of rotatable bonds is 8. The van der Waals surface area contributed by atoms with E-state index in [0.29, 0.717) is 18.5 Å². The van der Waals surface area contributed by atoms with Crippen LogP contribution in [0.5, 0.6) is 0 Å². The summed E-state index contributed by atoms with van der Waals surface area (Å²) in [7, 11) is 0. The van der Waals surface area contributed by atoms with Gasteiger partial charge in [-0.05, 0) is 51.2 Å². The highest BCUT2D eigenvalue weighted by atomic mass is 16.1. The molecule has 1 aliphatic heterocycles. The summed E-state index contributed by atoms with van der Waals surface area (Å²) in [4.78, 5) is 13.3. The molecule has 140 valence electrons. The lowest BCUT2D eigenvalue weighted by Crippen LogP contribution is -2.34. The minimum absolute atomic E-state index is 0.466. The topological polar surface area (TPSA) is 20.3 Å². The average molecular weight is 344 g/mol. The minimum atomic E-state index is 0.466. The fraction of sp³-hybridized carbons (Fsp3) is 0.609. The lowest BCUT2D eigenvalue weighted by molar-refractivity contribution is -0.108. The largest absolute Gasteiger partial charge is 0.364 e. The molecule has 2 aliphatic rings. The van der Waals surface area contributed by atoms with Crippen LogP contribution in [-0.4, -0.2) is 23.8 Å². The van der Waals surface area contributed by atoms with Crippen LogP contribution >= 0.6 is 0 Å². The zero-order valence-corrected chi connectivity index (χ0v) is 17.0. The van der Waals surface area contributed by atoms with Gasteiger partial charge < -0.3 is 9.69 Å². The maximum absolute atomic E-state index is 11.0. The molecule has 2 heteroatoms. The van der Waals surface area contributed by atoms with Crippen LogP contribution in [0.15, 0.2) is 47.2 Å². The standard InChI is InChI=1S/C20H31NO.C3H6/c1-7-17(11-10-15(4)5)14-19-16(6)21(12-13-22)20(9-3)18(19)8-2;1-2-3-1/h7,10-11,13,18,20H,4,8-9,12,14H2,1-3,5-6H3;1-3H2/b11-10-,17-7+;. The minimum Gasteiger partial charge on any atom is -0.364 e. The summed E-state index contributed by atoms with van der Waals surface area (Å²) in [6.07, 6.45) is 15.1. The molecule has 0 N–H and O–H groups in total. The molecule has 1 saturated carbocycles. The van der Waals surface area contributed by atoms with Crippen molar-refractivity contribution < 1.29 is 4.79 Å². The number of carbonyl (C=O) groups excluding carboxylic acids is 1. The molecular formula is C23H37NO. The molecule has 2 unspecified atom stereocenters. The Morgan fingerprint density at radius 2 is 1.84 bits per heavy atom. The van der Waals surface area contributed by atoms with Crippen molar-refractivity contribution >= 4 is 6.29 Å². The molecule has 2 atom stereocenters. The zero-order chi connectivity index (χ0) is 18.8. The van der Waals surface area contributed by atoms with Crippen LogP contribution in [0, 0.1) is 5.92 Å². The molecular weight excluding hydrogens is 306 g/mol. The maximum Gasteiger partial charge on any atom is 0.139 e. The quantitative estimate of drug-likeness (QED) is 0.385. The van der Waals surface area contributed by atoms with Crippen LogP contribution in [0.2, 0.25) is 0 Å². The Kier molecular flexibility index (Phi) is 9.55. The molecule has 2 nitrogen and oxygen atoms in total. The first-order valence-corrected chi connectivity index (χ1v) is 9.88. The lowest BCUT2D eigenvalue weighted by Gasteiger charge is -2.29. The summed E-state index contributed by atoms with van der Waals surface area (Å²) in [5, 5.41) is 0. The molecule has 0 radical (unpaired) electrons. The third kappa shape index (κ3) is 6.68. The zero-order valence-electron chi connectivity index (χ0n) is 17.0. The summed E-state index contributed by atoms with van der Waals surface area (Å²) < 4.78 is 0. The second kappa shape index (κ2) is 11.1. The fourth-order valence-electron chi connectivity index (χ4n) is 3.51. The summed E-state index contributed by atoms with van der Waals surface area (Å²) in [6, 6.07) is 0.466. The highest BCUT2D eigenvalue weighted by Crippen LogP contribution is 2.40. The molecule has 1 fully saturated rings. The smallest absolute Gasteiger partial charge is 0.139 e. The Hall–Kier alpha value is -1.57. The first-order chi connectivity index (χ1) is 12.0. The van der Waals surface area contributed by atoms with Crippen LogP contribution in [-0.2, 0) is 4.79 Å². The van der Waals surface area contributed by atoms with Gasteiger partial charge in [0.2, 0.25) is 0 Å². The van der Waals surface area contributed by atoms with Crippen molar-refractivity contribution in [1.29, 1.82) is 0 Å². The molecule has 0 bridgehead atoms. The number of allylic oxidation sites excluding steroid dienone is 6. The maximum atomic E-state index is 11.0. The second-order valence-electron chi connectivity index (χ2n) is 7.20.